The van der Waals surface area contributed by atoms with Crippen LogP contribution in [0.15, 0.2) is 23.1 Å². The smallest absolute Gasteiger partial charge is 0.0963 e. The van der Waals surface area contributed by atoms with Crippen LogP contribution in [0, 0.1) is 6.92 Å². The summed E-state index contributed by atoms with van der Waals surface area (Å²) in [5.41, 5.74) is 7.83. The van der Waals surface area contributed by atoms with Crippen LogP contribution in [0.5, 0.6) is 0 Å². The van der Waals surface area contributed by atoms with E-state index in [-0.39, 0.29) is 0 Å². The molecule has 66 valence electrons. The Morgan fingerprint density at radius 2 is 2.25 bits per heavy atom. The topological polar surface area (TPSA) is 35.2 Å². The van der Waals surface area contributed by atoms with Crippen molar-refractivity contribution in [3.05, 3.63) is 23.8 Å². The van der Waals surface area contributed by atoms with Crippen LogP contribution < -0.4 is 5.73 Å². The van der Waals surface area contributed by atoms with Crippen LogP contribution >= 0.6 is 11.8 Å². The SMILES string of the molecule is COCSc1cccc(C)c1N. The molecule has 0 atom stereocenters. The lowest BCUT2D eigenvalue weighted by atomic mass is 10.2. The molecule has 0 aromatic heterocycles. The van der Waals surface area contributed by atoms with Crippen molar-refractivity contribution in [3.63, 3.8) is 0 Å². The largest absolute Gasteiger partial charge is 0.398 e. The first kappa shape index (κ1) is 9.42. The number of benzene rings is 1. The van der Waals surface area contributed by atoms with Crippen LogP contribution in [0.25, 0.3) is 0 Å². The number of hydrogen-bond donors (Lipinski definition) is 1. The lowest BCUT2D eigenvalue weighted by Gasteiger charge is -2.06. The van der Waals surface area contributed by atoms with Crippen molar-refractivity contribution in [2.45, 2.75) is 11.8 Å². The van der Waals surface area contributed by atoms with Gasteiger partial charge in [-0.2, -0.15) is 0 Å². The van der Waals surface area contributed by atoms with Gasteiger partial charge in [-0.15, -0.1) is 0 Å². The van der Waals surface area contributed by atoms with Gasteiger partial charge in [-0.25, -0.2) is 0 Å². The maximum Gasteiger partial charge on any atom is 0.0963 e. The normalized spacial score (nSPS) is 10.2. The lowest BCUT2D eigenvalue weighted by molar-refractivity contribution is 0.259. The van der Waals surface area contributed by atoms with Crippen LogP contribution in [0.1, 0.15) is 5.56 Å². The van der Waals surface area contributed by atoms with Gasteiger partial charge in [0.05, 0.1) is 5.94 Å². The van der Waals surface area contributed by atoms with Gasteiger partial charge in [0.15, 0.2) is 0 Å². The van der Waals surface area contributed by atoms with E-state index in [0.29, 0.717) is 5.94 Å². The van der Waals surface area contributed by atoms with Gasteiger partial charge in [-0.1, -0.05) is 23.9 Å². The highest BCUT2D eigenvalue weighted by Gasteiger charge is 2.00. The van der Waals surface area contributed by atoms with E-state index in [2.05, 4.69) is 0 Å². The fraction of sp³-hybridized carbons (Fsp3) is 0.333. The van der Waals surface area contributed by atoms with Crippen LogP contribution in [-0.2, 0) is 4.74 Å². The van der Waals surface area contributed by atoms with Crippen LogP contribution in [0.2, 0.25) is 0 Å². The number of hydrogen-bond acceptors (Lipinski definition) is 3. The Morgan fingerprint density at radius 1 is 1.50 bits per heavy atom. The molecule has 0 aliphatic heterocycles. The van der Waals surface area contributed by atoms with Crippen LogP contribution in [0.3, 0.4) is 0 Å². The first-order valence-electron chi connectivity index (χ1n) is 3.72. The molecule has 0 bridgehead atoms. The number of ether oxygens (including phenoxy) is 1. The van der Waals surface area contributed by atoms with E-state index >= 15 is 0 Å². The third-order valence-electron chi connectivity index (χ3n) is 1.62. The van der Waals surface area contributed by atoms with Crippen LogP contribution in [-0.4, -0.2) is 13.0 Å². The Bertz CT molecular complexity index is 263. The molecule has 2 nitrogen and oxygen atoms in total. The number of aryl methyl sites for hydroxylation is 1. The summed E-state index contributed by atoms with van der Waals surface area (Å²) in [5, 5.41) is 0. The molecule has 0 saturated heterocycles. The first-order valence-corrected chi connectivity index (χ1v) is 4.71. The summed E-state index contributed by atoms with van der Waals surface area (Å²) in [6.07, 6.45) is 0. The van der Waals surface area contributed by atoms with Gasteiger partial charge in [0.1, 0.15) is 0 Å². The summed E-state index contributed by atoms with van der Waals surface area (Å²) in [6.45, 7) is 2.01. The van der Waals surface area contributed by atoms with E-state index in [1.807, 2.05) is 25.1 Å². The van der Waals surface area contributed by atoms with E-state index in [4.69, 9.17) is 10.5 Å². The number of para-hydroxylation sites is 1. The monoisotopic (exact) mass is 183 g/mol. The molecule has 0 heterocycles. The molecular weight excluding hydrogens is 170 g/mol. The minimum absolute atomic E-state index is 0.646. The standard InChI is InChI=1S/C9H13NOS/c1-7-4-3-5-8(9(7)10)12-6-11-2/h3-5H,6,10H2,1-2H3. The molecule has 12 heavy (non-hydrogen) atoms. The van der Waals surface area contributed by atoms with Gasteiger partial charge >= 0.3 is 0 Å². The van der Waals surface area contributed by atoms with Gasteiger partial charge in [0.25, 0.3) is 0 Å². The molecule has 3 heteroatoms. The maximum atomic E-state index is 5.85. The zero-order valence-electron chi connectivity index (χ0n) is 7.33. The average Bonchev–Trinajstić information content (AvgIpc) is 2.08. The first-order chi connectivity index (χ1) is 5.75. The molecular formula is C9H13NOS. The van der Waals surface area contributed by atoms with Crippen molar-refractivity contribution < 1.29 is 4.74 Å². The fourth-order valence-electron chi connectivity index (χ4n) is 0.902. The van der Waals surface area contributed by atoms with Crippen molar-refractivity contribution in [1.82, 2.24) is 0 Å². The molecule has 0 aliphatic rings. The molecule has 0 fully saturated rings. The number of thioether (sulfide) groups is 1. The molecule has 0 spiro atoms. The van der Waals surface area contributed by atoms with Gasteiger partial charge in [0.2, 0.25) is 0 Å². The maximum absolute atomic E-state index is 5.85. The van der Waals surface area contributed by atoms with E-state index in [0.717, 1.165) is 16.1 Å². The number of anilines is 1. The Kier molecular flexibility index (Phi) is 3.44. The molecule has 0 radical (unpaired) electrons. The highest BCUT2D eigenvalue weighted by atomic mass is 32.2. The van der Waals surface area contributed by atoms with Crippen molar-refractivity contribution in [2.24, 2.45) is 0 Å². The number of rotatable bonds is 3. The molecule has 0 unspecified atom stereocenters. The Morgan fingerprint density at radius 3 is 2.92 bits per heavy atom. The van der Waals surface area contributed by atoms with E-state index in [1.54, 1.807) is 18.9 Å². The lowest BCUT2D eigenvalue weighted by Crippen LogP contribution is -1.93. The van der Waals surface area contributed by atoms with Crippen molar-refractivity contribution in [3.8, 4) is 0 Å². The second-order valence-corrected chi connectivity index (χ2v) is 3.50. The molecule has 1 rings (SSSR count). The summed E-state index contributed by atoms with van der Waals surface area (Å²) in [7, 11) is 1.68. The molecule has 0 saturated carbocycles. The molecule has 1 aromatic rings. The summed E-state index contributed by atoms with van der Waals surface area (Å²) in [4.78, 5) is 1.09. The molecule has 0 amide bonds. The third-order valence-corrected chi connectivity index (χ3v) is 2.64. The predicted octanol–water partition coefficient (Wildman–Crippen LogP) is 2.27. The second kappa shape index (κ2) is 4.38. The second-order valence-electron chi connectivity index (χ2n) is 2.54. The quantitative estimate of drug-likeness (QED) is 0.443. The summed E-state index contributed by atoms with van der Waals surface area (Å²) >= 11 is 1.61. The van der Waals surface area contributed by atoms with Crippen LogP contribution in [0.4, 0.5) is 5.69 Å². The zero-order valence-corrected chi connectivity index (χ0v) is 8.15. The van der Waals surface area contributed by atoms with E-state index < -0.39 is 0 Å². The number of nitrogens with two attached hydrogens (primary N) is 1. The van der Waals surface area contributed by atoms with E-state index in [1.165, 1.54) is 0 Å². The van der Waals surface area contributed by atoms with Gasteiger partial charge < -0.3 is 10.5 Å². The fourth-order valence-corrected chi connectivity index (χ4v) is 1.64. The number of nitrogen functional groups attached to an aromatic ring is 1. The van der Waals surface area contributed by atoms with Gasteiger partial charge in [0, 0.05) is 17.7 Å². The summed E-state index contributed by atoms with van der Waals surface area (Å²) in [6, 6.07) is 6.02. The molecule has 2 N–H and O–H groups in total. The molecule has 1 aromatic carbocycles. The minimum Gasteiger partial charge on any atom is -0.398 e. The molecule has 0 aliphatic carbocycles. The number of methoxy groups -OCH3 is 1. The highest BCUT2D eigenvalue weighted by molar-refractivity contribution is 7.99. The highest BCUT2D eigenvalue weighted by Crippen LogP contribution is 2.26. The van der Waals surface area contributed by atoms with Crippen molar-refractivity contribution in [1.29, 1.82) is 0 Å². The Hall–Kier alpha value is -0.670. The van der Waals surface area contributed by atoms with E-state index in [9.17, 15) is 0 Å². The third kappa shape index (κ3) is 2.16. The zero-order chi connectivity index (χ0) is 8.97. The summed E-state index contributed by atoms with van der Waals surface area (Å²) < 4.78 is 4.95. The predicted molar refractivity (Wildman–Crippen MR) is 53.3 cm³/mol. The Labute approximate surface area is 77.1 Å². The van der Waals surface area contributed by atoms with Gasteiger partial charge in [-0.05, 0) is 18.6 Å². The van der Waals surface area contributed by atoms with Crippen molar-refractivity contribution >= 4 is 17.4 Å². The average molecular weight is 183 g/mol. The minimum atomic E-state index is 0.646. The van der Waals surface area contributed by atoms with Crippen molar-refractivity contribution in [2.75, 3.05) is 18.8 Å². The van der Waals surface area contributed by atoms with Gasteiger partial charge in [-0.3, -0.25) is 0 Å². The Balaban J connectivity index is 2.78. The summed E-state index contributed by atoms with van der Waals surface area (Å²) in [5.74, 6) is 0.646.